The number of aryl methyl sites for hydroxylation is 2. The van der Waals surface area contributed by atoms with Crippen LogP contribution in [0.5, 0.6) is 0 Å². The van der Waals surface area contributed by atoms with E-state index in [1.807, 2.05) is 121 Å². The van der Waals surface area contributed by atoms with Crippen LogP contribution in [0.25, 0.3) is 0 Å². The molecule has 8 nitrogen and oxygen atoms in total. The largest absolute Gasteiger partial charge is 0.322 e. The summed E-state index contributed by atoms with van der Waals surface area (Å²) in [6.45, 7) is 5.41. The van der Waals surface area contributed by atoms with Crippen LogP contribution in [0.3, 0.4) is 0 Å². The average Bonchev–Trinajstić information content (AvgIpc) is 3.54. The third-order valence-corrected chi connectivity index (χ3v) is 5.99. The third-order valence-electron chi connectivity index (χ3n) is 5.99. The number of carbonyl (C=O) groups excluding carboxylic acids is 2. The Hall–Kier alpha value is -4.20. The predicted molar refractivity (Wildman–Crippen MR) is 133 cm³/mol. The highest BCUT2D eigenvalue weighted by molar-refractivity contribution is 5.93. The number of para-hydroxylation sites is 2. The summed E-state index contributed by atoms with van der Waals surface area (Å²) in [5.41, 5.74) is 1.58. The van der Waals surface area contributed by atoms with E-state index in [4.69, 9.17) is 0 Å². The normalized spacial score (nSPS) is 12.6. The fourth-order valence-electron chi connectivity index (χ4n) is 3.79. The van der Waals surface area contributed by atoms with Gasteiger partial charge in [0.05, 0.1) is 13.1 Å². The second-order valence-corrected chi connectivity index (χ2v) is 8.61. The summed E-state index contributed by atoms with van der Waals surface area (Å²) in [7, 11) is 0. The number of imidazole rings is 2. The van der Waals surface area contributed by atoms with Crippen molar-refractivity contribution in [1.82, 2.24) is 9.13 Å². The molecular formula is C27H32N6O2+2. The number of anilines is 2. The summed E-state index contributed by atoms with van der Waals surface area (Å²) in [5.74, 6) is -0.109. The van der Waals surface area contributed by atoms with Gasteiger partial charge in [-0.05, 0) is 38.1 Å². The van der Waals surface area contributed by atoms with Gasteiger partial charge in [-0.15, -0.1) is 0 Å². The van der Waals surface area contributed by atoms with Crippen molar-refractivity contribution in [3.05, 3.63) is 98.1 Å². The van der Waals surface area contributed by atoms with E-state index in [9.17, 15) is 9.59 Å². The van der Waals surface area contributed by atoms with E-state index >= 15 is 0 Å². The molecule has 0 saturated heterocycles. The number of rotatable bonds is 10. The highest BCUT2D eigenvalue weighted by atomic mass is 16.2. The molecule has 0 radical (unpaired) electrons. The Bertz CT molecular complexity index is 1150. The van der Waals surface area contributed by atoms with Gasteiger partial charge in [0.2, 0.25) is 12.7 Å². The van der Waals surface area contributed by atoms with Gasteiger partial charge in [0.1, 0.15) is 24.8 Å². The van der Waals surface area contributed by atoms with E-state index < -0.39 is 0 Å². The number of nitrogens with one attached hydrogen (secondary N) is 2. The summed E-state index contributed by atoms with van der Waals surface area (Å²) >= 11 is 0. The van der Waals surface area contributed by atoms with Crippen LogP contribution >= 0.6 is 0 Å². The van der Waals surface area contributed by atoms with Crippen LogP contribution in [0.1, 0.15) is 32.4 Å². The van der Waals surface area contributed by atoms with Gasteiger partial charge in [-0.2, -0.15) is 0 Å². The van der Waals surface area contributed by atoms with Gasteiger partial charge in [-0.3, -0.25) is 9.59 Å². The summed E-state index contributed by atoms with van der Waals surface area (Å²) < 4.78 is 7.99. The van der Waals surface area contributed by atoms with Gasteiger partial charge >= 0.3 is 0 Å². The maximum absolute atomic E-state index is 12.6. The first-order chi connectivity index (χ1) is 17.0. The van der Waals surface area contributed by atoms with Crippen LogP contribution in [0.4, 0.5) is 11.4 Å². The molecule has 8 heteroatoms. The van der Waals surface area contributed by atoms with Gasteiger partial charge in [0.25, 0.3) is 11.8 Å². The van der Waals surface area contributed by atoms with Gasteiger partial charge in [-0.1, -0.05) is 36.4 Å². The van der Waals surface area contributed by atoms with Crippen LogP contribution in [0, 0.1) is 0 Å². The Morgan fingerprint density at radius 3 is 1.51 bits per heavy atom. The van der Waals surface area contributed by atoms with Crippen LogP contribution in [0.15, 0.2) is 98.1 Å². The molecule has 2 N–H and O–H groups in total. The fourth-order valence-corrected chi connectivity index (χ4v) is 3.79. The highest BCUT2D eigenvalue weighted by Gasteiger charge is 2.21. The maximum atomic E-state index is 12.6. The zero-order valence-corrected chi connectivity index (χ0v) is 20.1. The maximum Gasteiger partial charge on any atom is 0.269 e. The lowest BCUT2D eigenvalue weighted by atomic mass is 10.2. The van der Waals surface area contributed by atoms with Crippen molar-refractivity contribution in [2.24, 2.45) is 0 Å². The molecule has 0 fully saturated rings. The minimum Gasteiger partial charge on any atom is -0.322 e. The van der Waals surface area contributed by atoms with Crippen molar-refractivity contribution in [3.8, 4) is 0 Å². The molecular weight excluding hydrogens is 440 g/mol. The lowest BCUT2D eigenvalue weighted by Crippen LogP contribution is -2.37. The summed E-state index contributed by atoms with van der Waals surface area (Å²) in [5, 5.41) is 5.89. The minimum absolute atomic E-state index is 0.0544. The SMILES string of the molecule is C[C@@H](C(=O)Nc1ccccc1)n1cc[n+](CCC[n+]2ccn([C@@H](C)C(=O)Nc3ccccc3)c2)c1. The van der Waals surface area contributed by atoms with E-state index in [0.717, 1.165) is 30.9 Å². The van der Waals surface area contributed by atoms with Crippen LogP contribution in [-0.4, -0.2) is 20.9 Å². The van der Waals surface area contributed by atoms with E-state index in [0.29, 0.717) is 0 Å². The van der Waals surface area contributed by atoms with E-state index in [1.54, 1.807) is 0 Å². The van der Waals surface area contributed by atoms with Crippen LogP contribution in [-0.2, 0) is 22.7 Å². The number of amides is 2. The molecule has 4 aromatic rings. The molecule has 0 unspecified atom stereocenters. The number of carbonyl (C=O) groups is 2. The molecule has 2 aromatic carbocycles. The Balaban J connectivity index is 1.25. The molecule has 2 atom stereocenters. The zero-order valence-electron chi connectivity index (χ0n) is 20.1. The van der Waals surface area contributed by atoms with Crippen molar-refractivity contribution >= 4 is 23.2 Å². The molecule has 0 aliphatic heterocycles. The molecule has 2 aromatic heterocycles. The number of benzene rings is 2. The van der Waals surface area contributed by atoms with E-state index in [1.165, 1.54) is 0 Å². The molecule has 0 bridgehead atoms. The Labute approximate surface area is 205 Å². The van der Waals surface area contributed by atoms with Crippen molar-refractivity contribution < 1.29 is 18.7 Å². The predicted octanol–water partition coefficient (Wildman–Crippen LogP) is 3.35. The lowest BCUT2D eigenvalue weighted by molar-refractivity contribution is -0.726. The van der Waals surface area contributed by atoms with Crippen molar-refractivity contribution in [3.63, 3.8) is 0 Å². The molecule has 0 aliphatic rings. The highest BCUT2D eigenvalue weighted by Crippen LogP contribution is 2.12. The molecule has 0 spiro atoms. The number of aromatic nitrogens is 4. The summed E-state index contributed by atoms with van der Waals surface area (Å²) in [6.07, 6.45) is 12.6. The standard InChI is InChI=1S/C27H30N6O2/c1-22(26(34)28-24-10-5-3-6-11-24)32-18-16-30(20-32)14-9-15-31-17-19-33(21-31)23(2)27(35)29-25-12-7-4-8-13-25/h3-8,10-13,16-23H,9,14-15H2,1-2H3/p+2/t22-,23-/m0/s1. The molecule has 2 heterocycles. The van der Waals surface area contributed by atoms with Gasteiger partial charge in [0.15, 0.2) is 12.1 Å². The molecule has 0 aliphatic carbocycles. The minimum atomic E-state index is -0.316. The molecule has 35 heavy (non-hydrogen) atoms. The van der Waals surface area contributed by atoms with Crippen LogP contribution in [0.2, 0.25) is 0 Å². The molecule has 0 saturated carbocycles. The monoisotopic (exact) mass is 472 g/mol. The van der Waals surface area contributed by atoms with E-state index in [2.05, 4.69) is 19.8 Å². The second-order valence-electron chi connectivity index (χ2n) is 8.61. The van der Waals surface area contributed by atoms with E-state index in [-0.39, 0.29) is 23.9 Å². The van der Waals surface area contributed by atoms with Gasteiger partial charge < -0.3 is 10.6 Å². The zero-order chi connectivity index (χ0) is 24.6. The first-order valence-electron chi connectivity index (χ1n) is 11.8. The third kappa shape index (κ3) is 6.44. The van der Waals surface area contributed by atoms with Crippen molar-refractivity contribution in [2.45, 2.75) is 45.4 Å². The summed E-state index contributed by atoms with van der Waals surface area (Å²) in [6, 6.07) is 18.3. The first kappa shape index (κ1) is 23.9. The van der Waals surface area contributed by atoms with Crippen molar-refractivity contribution in [2.75, 3.05) is 10.6 Å². The van der Waals surface area contributed by atoms with Crippen molar-refractivity contribution in [1.29, 1.82) is 0 Å². The topological polar surface area (TPSA) is 75.8 Å². The lowest BCUT2D eigenvalue weighted by Gasteiger charge is -2.09. The second kappa shape index (κ2) is 11.3. The Morgan fingerprint density at radius 1 is 0.714 bits per heavy atom. The molecule has 180 valence electrons. The number of hydrogen-bond acceptors (Lipinski definition) is 2. The van der Waals surface area contributed by atoms with Crippen LogP contribution < -0.4 is 19.8 Å². The van der Waals surface area contributed by atoms with Gasteiger partial charge in [0, 0.05) is 17.8 Å². The smallest absolute Gasteiger partial charge is 0.269 e. The average molecular weight is 473 g/mol. The summed E-state index contributed by atoms with van der Waals surface area (Å²) in [4.78, 5) is 25.1. The molecule has 2 amide bonds. The first-order valence-corrected chi connectivity index (χ1v) is 11.8. The molecule has 4 rings (SSSR count). The fraction of sp³-hybridized carbons (Fsp3) is 0.259. The Morgan fingerprint density at radius 2 is 1.11 bits per heavy atom. The quantitative estimate of drug-likeness (QED) is 0.347. The Kier molecular flexibility index (Phi) is 7.72. The number of hydrogen-bond donors (Lipinski definition) is 2. The van der Waals surface area contributed by atoms with Gasteiger partial charge in [-0.25, -0.2) is 18.3 Å². The number of nitrogens with zero attached hydrogens (tertiary/aromatic N) is 4.